The lowest BCUT2D eigenvalue weighted by Gasteiger charge is -2.26. The van der Waals surface area contributed by atoms with Gasteiger partial charge >= 0.3 is 6.18 Å². The molecule has 0 amide bonds. The number of hydrogen-bond acceptors (Lipinski definition) is 4. The molecule has 0 aromatic carbocycles. The zero-order valence-electron chi connectivity index (χ0n) is 9.61. The van der Waals surface area contributed by atoms with Gasteiger partial charge in [-0.25, -0.2) is 0 Å². The van der Waals surface area contributed by atoms with Crippen molar-refractivity contribution in [2.45, 2.75) is 25.1 Å². The zero-order valence-corrected chi connectivity index (χ0v) is 10.4. The van der Waals surface area contributed by atoms with Gasteiger partial charge in [0.2, 0.25) is 0 Å². The summed E-state index contributed by atoms with van der Waals surface area (Å²) in [6.07, 6.45) is -3.40. The molecule has 1 rings (SSSR count). The Balaban J connectivity index is 2.50. The van der Waals surface area contributed by atoms with E-state index in [1.807, 2.05) is 0 Å². The molecule has 1 fully saturated rings. The van der Waals surface area contributed by atoms with Crippen molar-refractivity contribution in [3.8, 4) is 0 Å². The molecule has 1 atom stereocenters. The van der Waals surface area contributed by atoms with Crippen LogP contribution in [0.3, 0.4) is 0 Å². The highest BCUT2D eigenvalue weighted by molar-refractivity contribution is 7.85. The fraction of sp³-hybridized carbons (Fsp3) is 0.889. The fourth-order valence-corrected chi connectivity index (χ4v) is 3.04. The minimum Gasteiger partial charge on any atom is -0.409 e. The van der Waals surface area contributed by atoms with Crippen LogP contribution in [0.4, 0.5) is 13.2 Å². The van der Waals surface area contributed by atoms with Gasteiger partial charge in [-0.05, 0) is 12.8 Å². The minimum absolute atomic E-state index is 0.0981. The molecule has 0 aromatic rings. The molecule has 106 valence electrons. The Labute approximate surface area is 105 Å². The van der Waals surface area contributed by atoms with Crippen LogP contribution in [0.25, 0.3) is 0 Å². The van der Waals surface area contributed by atoms with Gasteiger partial charge in [0.25, 0.3) is 0 Å². The van der Waals surface area contributed by atoms with Crippen molar-refractivity contribution in [1.29, 1.82) is 0 Å². The highest BCUT2D eigenvalue weighted by Crippen LogP contribution is 2.26. The van der Waals surface area contributed by atoms with Gasteiger partial charge in [0.1, 0.15) is 5.92 Å². The Bertz CT molecular complexity index is 326. The molecule has 18 heavy (non-hydrogen) atoms. The predicted octanol–water partition coefficient (Wildman–Crippen LogP) is 0.412. The Morgan fingerprint density at radius 3 is 2.50 bits per heavy atom. The smallest absolute Gasteiger partial charge is 0.400 e. The lowest BCUT2D eigenvalue weighted by Crippen LogP contribution is -2.46. The third-order valence-corrected chi connectivity index (χ3v) is 4.25. The number of halogens is 3. The second kappa shape index (κ2) is 6.37. The molecule has 1 heterocycles. The van der Waals surface area contributed by atoms with Crippen molar-refractivity contribution in [2.75, 3.05) is 18.1 Å². The van der Waals surface area contributed by atoms with E-state index >= 15 is 0 Å². The summed E-state index contributed by atoms with van der Waals surface area (Å²) in [7, 11) is -0.853. The number of rotatable bonds is 4. The summed E-state index contributed by atoms with van der Waals surface area (Å²) in [5.41, 5.74) is 5.03. The zero-order chi connectivity index (χ0) is 13.8. The molecule has 1 saturated heterocycles. The van der Waals surface area contributed by atoms with Crippen LogP contribution in [0.15, 0.2) is 5.16 Å². The van der Waals surface area contributed by atoms with Gasteiger partial charge in [-0.2, -0.15) is 13.2 Å². The molecule has 0 aromatic heterocycles. The second-order valence-electron chi connectivity index (χ2n) is 4.15. The first-order valence-electron chi connectivity index (χ1n) is 5.47. The normalized spacial score (nSPS) is 28.1. The SMILES string of the molecule is NC(=NO)C(CNC1CCS(=O)CC1)C(F)(F)F. The number of nitrogens with two attached hydrogens (primary N) is 1. The molecule has 5 nitrogen and oxygen atoms in total. The molecular weight excluding hydrogens is 271 g/mol. The topological polar surface area (TPSA) is 87.7 Å². The van der Waals surface area contributed by atoms with Crippen molar-refractivity contribution >= 4 is 16.6 Å². The van der Waals surface area contributed by atoms with Crippen LogP contribution in [0, 0.1) is 5.92 Å². The number of nitrogens with zero attached hydrogens (tertiary/aromatic N) is 1. The molecule has 1 unspecified atom stereocenters. The maximum Gasteiger partial charge on any atom is 0.400 e. The number of alkyl halides is 3. The third kappa shape index (κ3) is 4.45. The van der Waals surface area contributed by atoms with E-state index in [4.69, 9.17) is 10.9 Å². The van der Waals surface area contributed by atoms with Crippen molar-refractivity contribution in [2.24, 2.45) is 16.8 Å². The summed E-state index contributed by atoms with van der Waals surface area (Å²) in [5.74, 6) is -1.86. The van der Waals surface area contributed by atoms with Crippen LogP contribution < -0.4 is 11.1 Å². The van der Waals surface area contributed by atoms with Gasteiger partial charge in [-0.3, -0.25) is 4.21 Å². The van der Waals surface area contributed by atoms with E-state index in [0.717, 1.165) is 0 Å². The van der Waals surface area contributed by atoms with Crippen LogP contribution in [-0.4, -0.2) is 45.5 Å². The van der Waals surface area contributed by atoms with E-state index in [1.165, 1.54) is 0 Å². The monoisotopic (exact) mass is 287 g/mol. The Hall–Kier alpha value is -0.830. The second-order valence-corrected chi connectivity index (χ2v) is 5.85. The number of hydrogen-bond donors (Lipinski definition) is 3. The van der Waals surface area contributed by atoms with Crippen LogP contribution in [0.1, 0.15) is 12.8 Å². The van der Waals surface area contributed by atoms with E-state index in [2.05, 4.69) is 10.5 Å². The molecule has 1 aliphatic heterocycles. The summed E-state index contributed by atoms with van der Waals surface area (Å²) in [6, 6.07) is -0.0981. The minimum atomic E-state index is -4.55. The van der Waals surface area contributed by atoms with Gasteiger partial charge in [0.05, 0.1) is 0 Å². The summed E-state index contributed by atoms with van der Waals surface area (Å²) < 4.78 is 48.9. The first-order valence-corrected chi connectivity index (χ1v) is 6.96. The Morgan fingerprint density at radius 2 is 2.06 bits per heavy atom. The van der Waals surface area contributed by atoms with Crippen molar-refractivity contribution in [3.05, 3.63) is 0 Å². The molecule has 0 saturated carbocycles. The lowest BCUT2D eigenvalue weighted by atomic mass is 10.1. The molecule has 9 heteroatoms. The fourth-order valence-electron chi connectivity index (χ4n) is 1.74. The van der Waals surface area contributed by atoms with E-state index < -0.39 is 35.3 Å². The first kappa shape index (κ1) is 15.2. The number of amidine groups is 1. The average molecular weight is 287 g/mol. The largest absolute Gasteiger partial charge is 0.409 e. The van der Waals surface area contributed by atoms with Crippen LogP contribution >= 0.6 is 0 Å². The molecule has 4 N–H and O–H groups in total. The van der Waals surface area contributed by atoms with E-state index in [1.54, 1.807) is 0 Å². The highest BCUT2D eigenvalue weighted by Gasteiger charge is 2.42. The maximum absolute atomic E-state index is 12.6. The summed E-state index contributed by atoms with van der Waals surface area (Å²) in [5, 5.41) is 13.5. The lowest BCUT2D eigenvalue weighted by molar-refractivity contribution is -0.155. The molecule has 0 radical (unpaired) electrons. The number of nitrogens with one attached hydrogen (secondary N) is 1. The first-order chi connectivity index (χ1) is 8.34. The summed E-state index contributed by atoms with van der Waals surface area (Å²) in [6.45, 7) is -0.434. The van der Waals surface area contributed by atoms with E-state index in [0.29, 0.717) is 24.3 Å². The molecular formula is C9H16F3N3O2S. The van der Waals surface area contributed by atoms with Crippen molar-refractivity contribution < 1.29 is 22.6 Å². The quantitative estimate of drug-likeness (QED) is 0.302. The van der Waals surface area contributed by atoms with Crippen molar-refractivity contribution in [1.82, 2.24) is 5.32 Å². The molecule has 1 aliphatic rings. The van der Waals surface area contributed by atoms with Gasteiger partial charge in [0.15, 0.2) is 5.84 Å². The predicted molar refractivity (Wildman–Crippen MR) is 61.9 cm³/mol. The third-order valence-electron chi connectivity index (χ3n) is 2.87. The maximum atomic E-state index is 12.6. The van der Waals surface area contributed by atoms with Gasteiger partial charge in [-0.1, -0.05) is 5.16 Å². The Morgan fingerprint density at radius 1 is 1.50 bits per heavy atom. The number of oxime groups is 1. The highest BCUT2D eigenvalue weighted by atomic mass is 32.2. The van der Waals surface area contributed by atoms with Gasteiger partial charge in [0, 0.05) is 34.9 Å². The van der Waals surface area contributed by atoms with Crippen LogP contribution in [0.2, 0.25) is 0 Å². The van der Waals surface area contributed by atoms with Crippen LogP contribution in [-0.2, 0) is 10.8 Å². The standard InChI is InChI=1S/C9H16F3N3O2S/c10-9(11,12)7(8(13)15-16)5-14-6-1-3-18(17)4-2-6/h6-7,14,16H,1-5H2,(H2,13,15). The average Bonchev–Trinajstić information content (AvgIpc) is 2.29. The Kier molecular flexibility index (Phi) is 5.39. The molecule has 0 spiro atoms. The summed E-state index contributed by atoms with van der Waals surface area (Å²) in [4.78, 5) is 0. The molecule has 0 aliphatic carbocycles. The van der Waals surface area contributed by atoms with Crippen molar-refractivity contribution in [3.63, 3.8) is 0 Å². The molecule has 0 bridgehead atoms. The van der Waals surface area contributed by atoms with Gasteiger partial charge < -0.3 is 16.3 Å². The summed E-state index contributed by atoms with van der Waals surface area (Å²) >= 11 is 0. The van der Waals surface area contributed by atoms with Crippen LogP contribution in [0.5, 0.6) is 0 Å². The van der Waals surface area contributed by atoms with E-state index in [-0.39, 0.29) is 6.04 Å². The van der Waals surface area contributed by atoms with Gasteiger partial charge in [-0.15, -0.1) is 0 Å². The van der Waals surface area contributed by atoms with E-state index in [9.17, 15) is 17.4 Å².